The molecule has 0 aromatic rings. The van der Waals surface area contributed by atoms with Gasteiger partial charge in [0.2, 0.25) is 0 Å². The van der Waals surface area contributed by atoms with Gasteiger partial charge in [0.25, 0.3) is 0 Å². The molecule has 0 atom stereocenters. The van der Waals surface area contributed by atoms with E-state index in [0.29, 0.717) is 11.8 Å². The molecule has 0 radical (unpaired) electrons. The summed E-state index contributed by atoms with van der Waals surface area (Å²) in [6.07, 6.45) is 9.26. The van der Waals surface area contributed by atoms with Crippen molar-refractivity contribution in [1.82, 2.24) is 0 Å². The fourth-order valence-corrected chi connectivity index (χ4v) is 2.97. The summed E-state index contributed by atoms with van der Waals surface area (Å²) in [5, 5.41) is 27.8. The van der Waals surface area contributed by atoms with Crippen molar-refractivity contribution >= 4 is 11.9 Å². The van der Waals surface area contributed by atoms with Crippen LogP contribution in [0.3, 0.4) is 0 Å². The van der Waals surface area contributed by atoms with Crippen molar-refractivity contribution in [2.75, 3.05) is 0 Å². The van der Waals surface area contributed by atoms with Crippen LogP contribution in [0, 0.1) is 5.41 Å². The zero-order valence-electron chi connectivity index (χ0n) is 15.6. The third kappa shape index (κ3) is 14.5. The van der Waals surface area contributed by atoms with Crippen molar-refractivity contribution in [3.8, 4) is 0 Å². The first kappa shape index (κ1) is 22.9. The minimum atomic E-state index is -1.62. The molecule has 0 fully saturated rings. The molecule has 5 nitrogen and oxygen atoms in total. The Morgan fingerprint density at radius 3 is 1.33 bits per heavy atom. The van der Waals surface area contributed by atoms with Crippen LogP contribution >= 0.6 is 0 Å². The third-order valence-corrected chi connectivity index (χ3v) is 4.28. The standard InChI is InChI=1S/C19H36O5/c1-18(2,3)12-10-8-6-4-5-7-9-11-13-19(24,14-16(20)21)15-17(22)23/h24H,4-15H2,1-3H3,(H,20,21)(H,22,23). The molecule has 0 aromatic heterocycles. The number of aliphatic hydroxyl groups is 1. The van der Waals surface area contributed by atoms with Crippen LogP contribution in [0.15, 0.2) is 0 Å². The van der Waals surface area contributed by atoms with E-state index in [1.807, 2.05) is 0 Å². The van der Waals surface area contributed by atoms with Crippen molar-refractivity contribution in [1.29, 1.82) is 0 Å². The molecule has 142 valence electrons. The molecular formula is C19H36O5. The van der Waals surface area contributed by atoms with Gasteiger partial charge < -0.3 is 15.3 Å². The summed E-state index contributed by atoms with van der Waals surface area (Å²) < 4.78 is 0. The predicted octanol–water partition coefficient (Wildman–Crippen LogP) is 4.61. The molecule has 0 heterocycles. The molecule has 0 spiro atoms. The van der Waals surface area contributed by atoms with E-state index in [1.54, 1.807) is 0 Å². The Morgan fingerprint density at radius 2 is 1.00 bits per heavy atom. The van der Waals surface area contributed by atoms with Crippen LogP contribution in [0.4, 0.5) is 0 Å². The van der Waals surface area contributed by atoms with Crippen LogP contribution < -0.4 is 0 Å². The Balaban J connectivity index is 3.72. The maximum absolute atomic E-state index is 10.8. The van der Waals surface area contributed by atoms with Crippen LogP contribution in [0.5, 0.6) is 0 Å². The Kier molecular flexibility index (Phi) is 10.9. The van der Waals surface area contributed by atoms with Gasteiger partial charge in [0.1, 0.15) is 0 Å². The molecule has 0 aliphatic heterocycles. The molecule has 0 aliphatic rings. The number of rotatable bonds is 14. The van der Waals surface area contributed by atoms with Gasteiger partial charge in [0, 0.05) is 0 Å². The number of unbranched alkanes of at least 4 members (excludes halogenated alkanes) is 7. The molecular weight excluding hydrogens is 308 g/mol. The maximum atomic E-state index is 10.8. The predicted molar refractivity (Wildman–Crippen MR) is 95.1 cm³/mol. The van der Waals surface area contributed by atoms with E-state index in [-0.39, 0.29) is 6.42 Å². The highest BCUT2D eigenvalue weighted by Gasteiger charge is 2.32. The van der Waals surface area contributed by atoms with E-state index in [1.165, 1.54) is 32.1 Å². The topological polar surface area (TPSA) is 94.8 Å². The molecule has 0 unspecified atom stereocenters. The van der Waals surface area contributed by atoms with Gasteiger partial charge in [-0.2, -0.15) is 0 Å². The zero-order valence-corrected chi connectivity index (χ0v) is 15.6. The smallest absolute Gasteiger partial charge is 0.306 e. The van der Waals surface area contributed by atoms with Gasteiger partial charge >= 0.3 is 11.9 Å². The average molecular weight is 344 g/mol. The number of carboxylic acid groups (broad SMARTS) is 2. The van der Waals surface area contributed by atoms with Gasteiger partial charge in [-0.15, -0.1) is 0 Å². The van der Waals surface area contributed by atoms with Crippen LogP contribution in [0.2, 0.25) is 0 Å². The average Bonchev–Trinajstić information content (AvgIpc) is 2.37. The number of hydrogen-bond donors (Lipinski definition) is 3. The highest BCUT2D eigenvalue weighted by Crippen LogP contribution is 2.25. The monoisotopic (exact) mass is 344 g/mol. The van der Waals surface area contributed by atoms with E-state index in [9.17, 15) is 14.7 Å². The van der Waals surface area contributed by atoms with Crippen molar-refractivity contribution in [2.24, 2.45) is 5.41 Å². The summed E-state index contributed by atoms with van der Waals surface area (Å²) >= 11 is 0. The Bertz CT molecular complexity index is 354. The first-order valence-electron chi connectivity index (χ1n) is 9.20. The summed E-state index contributed by atoms with van der Waals surface area (Å²) in [5.41, 5.74) is -1.20. The van der Waals surface area contributed by atoms with E-state index >= 15 is 0 Å². The minimum absolute atomic E-state index is 0.233. The fraction of sp³-hybridized carbons (Fsp3) is 0.895. The second-order valence-electron chi connectivity index (χ2n) is 8.25. The zero-order chi connectivity index (χ0) is 18.6. The normalized spacial score (nSPS) is 12.3. The van der Waals surface area contributed by atoms with Crippen molar-refractivity contribution < 1.29 is 24.9 Å². The van der Waals surface area contributed by atoms with E-state index < -0.39 is 30.4 Å². The number of carbonyl (C=O) groups is 2. The summed E-state index contributed by atoms with van der Waals surface area (Å²) in [6, 6.07) is 0. The molecule has 0 amide bonds. The van der Waals surface area contributed by atoms with Crippen LogP contribution in [0.1, 0.15) is 97.8 Å². The fourth-order valence-electron chi connectivity index (χ4n) is 2.97. The second kappa shape index (κ2) is 11.5. The molecule has 0 aromatic carbocycles. The first-order valence-corrected chi connectivity index (χ1v) is 9.20. The Hall–Kier alpha value is -1.10. The lowest BCUT2D eigenvalue weighted by Gasteiger charge is -2.24. The highest BCUT2D eigenvalue weighted by atomic mass is 16.4. The van der Waals surface area contributed by atoms with Crippen molar-refractivity contribution in [2.45, 2.75) is 103 Å². The maximum Gasteiger partial charge on any atom is 0.306 e. The minimum Gasteiger partial charge on any atom is -0.481 e. The molecule has 0 saturated carbocycles. The number of aliphatic carboxylic acids is 2. The van der Waals surface area contributed by atoms with Crippen LogP contribution in [-0.2, 0) is 9.59 Å². The first-order chi connectivity index (χ1) is 11.0. The summed E-state index contributed by atoms with van der Waals surface area (Å²) in [7, 11) is 0. The second-order valence-corrected chi connectivity index (χ2v) is 8.25. The Labute approximate surface area is 146 Å². The van der Waals surface area contributed by atoms with Gasteiger partial charge in [0.15, 0.2) is 0 Å². The van der Waals surface area contributed by atoms with Gasteiger partial charge in [-0.1, -0.05) is 72.1 Å². The van der Waals surface area contributed by atoms with E-state index in [4.69, 9.17) is 10.2 Å². The molecule has 3 N–H and O–H groups in total. The molecule has 0 saturated heterocycles. The lowest BCUT2D eigenvalue weighted by atomic mass is 9.88. The van der Waals surface area contributed by atoms with Crippen LogP contribution in [-0.4, -0.2) is 32.9 Å². The SMILES string of the molecule is CC(C)(C)CCCCCCCCCCC(O)(CC(=O)O)CC(=O)O. The molecule has 0 rings (SSSR count). The molecule has 0 bridgehead atoms. The van der Waals surface area contributed by atoms with Crippen molar-refractivity contribution in [3.63, 3.8) is 0 Å². The van der Waals surface area contributed by atoms with Gasteiger partial charge in [-0.25, -0.2) is 0 Å². The largest absolute Gasteiger partial charge is 0.481 e. The lowest BCUT2D eigenvalue weighted by Crippen LogP contribution is -2.34. The van der Waals surface area contributed by atoms with E-state index in [2.05, 4.69) is 20.8 Å². The summed E-state index contributed by atoms with van der Waals surface area (Å²) in [5.74, 6) is -2.32. The third-order valence-electron chi connectivity index (χ3n) is 4.28. The molecule has 24 heavy (non-hydrogen) atoms. The quantitative estimate of drug-likeness (QED) is 0.400. The highest BCUT2D eigenvalue weighted by molar-refractivity contribution is 5.72. The number of carboxylic acids is 2. The summed E-state index contributed by atoms with van der Waals surface area (Å²) in [6.45, 7) is 6.80. The molecule has 5 heteroatoms. The lowest BCUT2D eigenvalue weighted by molar-refractivity contribution is -0.149. The Morgan fingerprint density at radius 1 is 0.667 bits per heavy atom. The molecule has 0 aliphatic carbocycles. The number of hydrogen-bond acceptors (Lipinski definition) is 3. The van der Waals surface area contributed by atoms with E-state index in [0.717, 1.165) is 19.3 Å². The van der Waals surface area contributed by atoms with Gasteiger partial charge in [0.05, 0.1) is 18.4 Å². The summed E-state index contributed by atoms with van der Waals surface area (Å²) in [4.78, 5) is 21.5. The van der Waals surface area contributed by atoms with Gasteiger partial charge in [-0.05, 0) is 18.3 Å². The van der Waals surface area contributed by atoms with Gasteiger partial charge in [-0.3, -0.25) is 9.59 Å². The van der Waals surface area contributed by atoms with Crippen molar-refractivity contribution in [3.05, 3.63) is 0 Å². The van der Waals surface area contributed by atoms with Crippen LogP contribution in [0.25, 0.3) is 0 Å².